The van der Waals surface area contributed by atoms with Crippen molar-refractivity contribution in [2.45, 2.75) is 12.5 Å². The molecule has 1 heterocycles. The zero-order chi connectivity index (χ0) is 10.8. The van der Waals surface area contributed by atoms with Gasteiger partial charge in [0, 0.05) is 17.1 Å². The average molecular weight is 311 g/mol. The average Bonchev–Trinajstić information content (AvgIpc) is 2.63. The molecule has 3 N–H and O–H groups in total. The minimum Gasteiger partial charge on any atom is -0.454 e. The number of ether oxygens (including phenoxy) is 2. The lowest BCUT2D eigenvalue weighted by atomic mass is 10.0. The van der Waals surface area contributed by atoms with Gasteiger partial charge in [-0.05, 0) is 24.1 Å². The zero-order valence-electron chi connectivity index (χ0n) is 8.48. The van der Waals surface area contributed by atoms with Gasteiger partial charge in [-0.1, -0.05) is 15.9 Å². The molecule has 0 aliphatic carbocycles. The van der Waals surface area contributed by atoms with Gasteiger partial charge in [-0.25, -0.2) is 0 Å². The summed E-state index contributed by atoms with van der Waals surface area (Å²) in [5.41, 5.74) is 6.84. The molecule has 1 atom stereocenters. The van der Waals surface area contributed by atoms with Crippen LogP contribution in [0.1, 0.15) is 18.0 Å². The van der Waals surface area contributed by atoms with Crippen LogP contribution in [0.15, 0.2) is 16.6 Å². The summed E-state index contributed by atoms with van der Waals surface area (Å²) in [5, 5.41) is 8.83. The molecule has 0 spiro atoms. The monoisotopic (exact) mass is 309 g/mol. The maximum atomic E-state index is 8.83. The van der Waals surface area contributed by atoms with Crippen molar-refractivity contribution in [3.05, 3.63) is 22.2 Å². The number of rotatable bonds is 3. The van der Waals surface area contributed by atoms with E-state index in [-0.39, 0.29) is 31.8 Å². The minimum atomic E-state index is -0.195. The predicted octanol–water partition coefficient (Wildman–Crippen LogP) is 1.98. The van der Waals surface area contributed by atoms with Crippen LogP contribution in [0.2, 0.25) is 0 Å². The highest BCUT2D eigenvalue weighted by molar-refractivity contribution is 9.10. The Kier molecular flexibility index (Phi) is 4.86. The van der Waals surface area contributed by atoms with Gasteiger partial charge in [0.2, 0.25) is 6.79 Å². The molecule has 6 heteroatoms. The number of hydrogen-bond acceptors (Lipinski definition) is 4. The summed E-state index contributed by atoms with van der Waals surface area (Å²) in [6.45, 7) is 0.322. The number of hydrogen-bond donors (Lipinski definition) is 2. The summed E-state index contributed by atoms with van der Waals surface area (Å²) in [4.78, 5) is 0. The van der Waals surface area contributed by atoms with Gasteiger partial charge in [-0.15, -0.1) is 12.4 Å². The van der Waals surface area contributed by atoms with Crippen molar-refractivity contribution in [2.24, 2.45) is 5.73 Å². The van der Waals surface area contributed by atoms with Crippen LogP contribution in [0.3, 0.4) is 0 Å². The second kappa shape index (κ2) is 5.72. The number of aliphatic hydroxyl groups excluding tert-OH is 1. The largest absolute Gasteiger partial charge is 0.454 e. The van der Waals surface area contributed by atoms with Crippen molar-refractivity contribution in [3.63, 3.8) is 0 Å². The third kappa shape index (κ3) is 2.60. The SMILES string of the molecule is Cl.N[C@@H](CCO)c1cc2c(cc1Br)OCO2. The van der Waals surface area contributed by atoms with Gasteiger partial charge in [0.1, 0.15) is 0 Å². The van der Waals surface area contributed by atoms with Crippen LogP contribution in [0.4, 0.5) is 0 Å². The lowest BCUT2D eigenvalue weighted by Gasteiger charge is -2.13. The van der Waals surface area contributed by atoms with Crippen LogP contribution in [-0.4, -0.2) is 18.5 Å². The molecule has 1 aliphatic heterocycles. The van der Waals surface area contributed by atoms with Crippen molar-refractivity contribution in [3.8, 4) is 11.5 Å². The van der Waals surface area contributed by atoms with E-state index < -0.39 is 0 Å². The van der Waals surface area contributed by atoms with Crippen LogP contribution in [-0.2, 0) is 0 Å². The first-order chi connectivity index (χ1) is 7.22. The lowest BCUT2D eigenvalue weighted by Crippen LogP contribution is -2.12. The van der Waals surface area contributed by atoms with Crippen LogP contribution in [0, 0.1) is 0 Å². The second-order valence-electron chi connectivity index (χ2n) is 3.35. The van der Waals surface area contributed by atoms with Crippen LogP contribution < -0.4 is 15.2 Å². The first-order valence-electron chi connectivity index (χ1n) is 4.68. The number of halogens is 2. The number of fused-ring (bicyclic) bond motifs is 1. The topological polar surface area (TPSA) is 64.7 Å². The maximum Gasteiger partial charge on any atom is 0.231 e. The van der Waals surface area contributed by atoms with Crippen molar-refractivity contribution < 1.29 is 14.6 Å². The zero-order valence-corrected chi connectivity index (χ0v) is 10.9. The van der Waals surface area contributed by atoms with Gasteiger partial charge in [-0.3, -0.25) is 0 Å². The molecular weight excluding hydrogens is 297 g/mol. The summed E-state index contributed by atoms with van der Waals surface area (Å²) >= 11 is 3.42. The van der Waals surface area contributed by atoms with E-state index in [1.807, 2.05) is 12.1 Å². The van der Waals surface area contributed by atoms with Crippen molar-refractivity contribution in [1.82, 2.24) is 0 Å². The molecule has 0 saturated heterocycles. The predicted molar refractivity (Wildman–Crippen MR) is 66.1 cm³/mol. The van der Waals surface area contributed by atoms with Gasteiger partial charge in [-0.2, -0.15) is 0 Å². The minimum absolute atomic E-state index is 0. The van der Waals surface area contributed by atoms with Gasteiger partial charge >= 0.3 is 0 Å². The highest BCUT2D eigenvalue weighted by Gasteiger charge is 2.18. The fraction of sp³-hybridized carbons (Fsp3) is 0.400. The van der Waals surface area contributed by atoms with E-state index in [0.717, 1.165) is 15.8 Å². The molecule has 0 amide bonds. The Morgan fingerprint density at radius 1 is 1.38 bits per heavy atom. The van der Waals surface area contributed by atoms with Crippen LogP contribution in [0.5, 0.6) is 11.5 Å². The van der Waals surface area contributed by atoms with E-state index in [1.54, 1.807) is 0 Å². The van der Waals surface area contributed by atoms with Crippen molar-refractivity contribution in [1.29, 1.82) is 0 Å². The Balaban J connectivity index is 0.00000128. The lowest BCUT2D eigenvalue weighted by molar-refractivity contribution is 0.174. The molecule has 4 nitrogen and oxygen atoms in total. The molecule has 1 aromatic carbocycles. The van der Waals surface area contributed by atoms with E-state index in [2.05, 4.69) is 15.9 Å². The molecule has 0 saturated carbocycles. The fourth-order valence-electron chi connectivity index (χ4n) is 1.51. The van der Waals surface area contributed by atoms with Gasteiger partial charge in [0.05, 0.1) is 0 Å². The summed E-state index contributed by atoms with van der Waals surface area (Å²) in [5.74, 6) is 1.43. The highest BCUT2D eigenvalue weighted by atomic mass is 79.9. The van der Waals surface area contributed by atoms with Gasteiger partial charge in [0.15, 0.2) is 11.5 Å². The smallest absolute Gasteiger partial charge is 0.231 e. The molecule has 16 heavy (non-hydrogen) atoms. The standard InChI is InChI=1S/C10H12BrNO3.ClH/c11-7-4-10-9(14-5-15-10)3-6(7)8(12)1-2-13;/h3-4,8,13H,1-2,5,12H2;1H/t8-;/m0./s1. The first kappa shape index (κ1) is 13.6. The molecule has 1 aromatic rings. The molecule has 0 unspecified atom stereocenters. The Morgan fingerprint density at radius 2 is 2.00 bits per heavy atom. The van der Waals surface area contributed by atoms with E-state index in [1.165, 1.54) is 0 Å². The van der Waals surface area contributed by atoms with E-state index >= 15 is 0 Å². The Hall–Kier alpha value is -0.490. The van der Waals surface area contributed by atoms with E-state index in [0.29, 0.717) is 12.2 Å². The third-order valence-electron chi connectivity index (χ3n) is 2.33. The van der Waals surface area contributed by atoms with Gasteiger partial charge < -0.3 is 20.3 Å². The summed E-state index contributed by atoms with van der Waals surface area (Å²) in [6.07, 6.45) is 0.526. The van der Waals surface area contributed by atoms with Crippen molar-refractivity contribution >= 4 is 28.3 Å². The maximum absolute atomic E-state index is 8.83. The van der Waals surface area contributed by atoms with Crippen molar-refractivity contribution in [2.75, 3.05) is 13.4 Å². The molecule has 90 valence electrons. The second-order valence-corrected chi connectivity index (χ2v) is 4.20. The van der Waals surface area contributed by atoms with Crippen LogP contribution >= 0.6 is 28.3 Å². The summed E-state index contributed by atoms with van der Waals surface area (Å²) in [6, 6.07) is 3.50. The normalized spacial score (nSPS) is 14.4. The van der Waals surface area contributed by atoms with E-state index in [9.17, 15) is 0 Å². The van der Waals surface area contributed by atoms with Gasteiger partial charge in [0.25, 0.3) is 0 Å². The Morgan fingerprint density at radius 3 is 2.62 bits per heavy atom. The Labute approximate surface area is 108 Å². The quantitative estimate of drug-likeness (QED) is 0.896. The fourth-order valence-corrected chi connectivity index (χ4v) is 2.13. The first-order valence-corrected chi connectivity index (χ1v) is 5.47. The number of aliphatic hydroxyl groups is 1. The van der Waals surface area contributed by atoms with Crippen LogP contribution in [0.25, 0.3) is 0 Å². The molecule has 0 bridgehead atoms. The molecule has 0 fully saturated rings. The molecular formula is C10H13BrClNO3. The third-order valence-corrected chi connectivity index (χ3v) is 3.02. The van der Waals surface area contributed by atoms with E-state index in [4.69, 9.17) is 20.3 Å². The molecule has 1 aliphatic rings. The summed E-state index contributed by atoms with van der Waals surface area (Å²) in [7, 11) is 0. The number of nitrogens with two attached hydrogens (primary N) is 1. The summed E-state index contributed by atoms with van der Waals surface area (Å²) < 4.78 is 11.4. The molecule has 0 radical (unpaired) electrons. The Bertz CT molecular complexity index is 375. The highest BCUT2D eigenvalue weighted by Crippen LogP contribution is 2.38. The number of benzene rings is 1. The molecule has 2 rings (SSSR count). The molecule has 0 aromatic heterocycles.